The van der Waals surface area contributed by atoms with Crippen LogP contribution in [0.25, 0.3) is 0 Å². The minimum Gasteiger partial charge on any atom is -0.491 e. The van der Waals surface area contributed by atoms with Crippen molar-refractivity contribution in [1.29, 1.82) is 0 Å². The molecule has 0 radical (unpaired) electrons. The largest absolute Gasteiger partial charge is 0.491 e. The average molecular weight is 218 g/mol. The van der Waals surface area contributed by atoms with Gasteiger partial charge in [0.1, 0.15) is 5.75 Å². The maximum atomic E-state index is 11.8. The van der Waals surface area contributed by atoms with Gasteiger partial charge in [-0.25, -0.2) is 0 Å². The fourth-order valence-electron chi connectivity index (χ4n) is 2.13. The molecule has 0 aromatic heterocycles. The molecule has 2 rings (SSSR count). The first-order chi connectivity index (χ1) is 7.66. The highest BCUT2D eigenvalue weighted by Gasteiger charge is 2.15. The van der Waals surface area contributed by atoms with Gasteiger partial charge < -0.3 is 4.74 Å². The van der Waals surface area contributed by atoms with Crippen LogP contribution in [0.1, 0.15) is 49.0 Å². The van der Waals surface area contributed by atoms with Crippen LogP contribution in [0.4, 0.5) is 0 Å². The molecule has 2 nitrogen and oxygen atoms in total. The first-order valence-corrected chi connectivity index (χ1v) is 5.99. The van der Waals surface area contributed by atoms with E-state index >= 15 is 0 Å². The molecule has 2 heteroatoms. The number of ether oxygens (including phenoxy) is 1. The van der Waals surface area contributed by atoms with Gasteiger partial charge in [-0.3, -0.25) is 4.79 Å². The fourth-order valence-corrected chi connectivity index (χ4v) is 2.13. The van der Waals surface area contributed by atoms with Crippen molar-refractivity contribution in [2.24, 2.45) is 0 Å². The van der Waals surface area contributed by atoms with Gasteiger partial charge in [0.2, 0.25) is 0 Å². The van der Waals surface area contributed by atoms with E-state index in [-0.39, 0.29) is 11.9 Å². The summed E-state index contributed by atoms with van der Waals surface area (Å²) < 4.78 is 5.65. The van der Waals surface area contributed by atoms with Crippen molar-refractivity contribution < 1.29 is 9.53 Å². The maximum absolute atomic E-state index is 11.8. The summed E-state index contributed by atoms with van der Waals surface area (Å²) in [6.45, 7) is 4.02. The van der Waals surface area contributed by atoms with Gasteiger partial charge in [-0.2, -0.15) is 0 Å². The van der Waals surface area contributed by atoms with Crippen LogP contribution >= 0.6 is 0 Å². The van der Waals surface area contributed by atoms with Crippen molar-refractivity contribution in [1.82, 2.24) is 0 Å². The van der Waals surface area contributed by atoms with Crippen molar-refractivity contribution in [2.75, 3.05) is 0 Å². The normalized spacial score (nSPS) is 15.8. The zero-order valence-corrected chi connectivity index (χ0v) is 9.95. The van der Waals surface area contributed by atoms with Crippen LogP contribution in [0, 0.1) is 0 Å². The van der Waals surface area contributed by atoms with E-state index in [1.807, 2.05) is 32.0 Å². The summed E-state index contributed by atoms with van der Waals surface area (Å²) in [5, 5.41) is 0. The zero-order valence-electron chi connectivity index (χ0n) is 9.95. The van der Waals surface area contributed by atoms with E-state index in [0.29, 0.717) is 6.42 Å². The Labute approximate surface area is 96.6 Å². The number of carbonyl (C=O) groups is 1. The lowest BCUT2D eigenvalue weighted by Gasteiger charge is -2.12. The minimum atomic E-state index is 0.180. The van der Waals surface area contributed by atoms with Crippen LogP contribution in [0.15, 0.2) is 18.2 Å². The van der Waals surface area contributed by atoms with Gasteiger partial charge in [0, 0.05) is 12.0 Å². The summed E-state index contributed by atoms with van der Waals surface area (Å²) in [6, 6.07) is 5.85. The molecule has 0 fully saturated rings. The highest BCUT2D eigenvalue weighted by Crippen LogP contribution is 2.25. The third-order valence-corrected chi connectivity index (χ3v) is 2.85. The highest BCUT2D eigenvalue weighted by atomic mass is 16.5. The molecule has 16 heavy (non-hydrogen) atoms. The molecule has 0 bridgehead atoms. The van der Waals surface area contributed by atoms with Gasteiger partial charge in [0.05, 0.1) is 6.10 Å². The first-order valence-electron chi connectivity index (χ1n) is 5.99. The molecule has 0 heterocycles. The van der Waals surface area contributed by atoms with Gasteiger partial charge >= 0.3 is 0 Å². The van der Waals surface area contributed by atoms with Gasteiger partial charge in [-0.05, 0) is 56.9 Å². The predicted molar refractivity (Wildman–Crippen MR) is 64.1 cm³/mol. The van der Waals surface area contributed by atoms with Crippen molar-refractivity contribution in [3.8, 4) is 5.75 Å². The van der Waals surface area contributed by atoms with E-state index < -0.39 is 0 Å². The van der Waals surface area contributed by atoms with Crippen LogP contribution in [0.2, 0.25) is 0 Å². The number of hydrogen-bond acceptors (Lipinski definition) is 2. The average Bonchev–Trinajstić information content (AvgIpc) is 2.40. The number of rotatable bonds is 2. The second-order valence-electron chi connectivity index (χ2n) is 4.62. The monoisotopic (exact) mass is 218 g/mol. The Balaban J connectivity index is 2.30. The summed E-state index contributed by atoms with van der Waals surface area (Å²) in [5.41, 5.74) is 2.05. The number of fused-ring (bicyclic) bond motifs is 1. The Kier molecular flexibility index (Phi) is 3.28. The molecule has 86 valence electrons. The van der Waals surface area contributed by atoms with Crippen molar-refractivity contribution in [3.05, 3.63) is 29.3 Å². The molecule has 0 spiro atoms. The van der Waals surface area contributed by atoms with Gasteiger partial charge in [0.25, 0.3) is 0 Å². The molecule has 0 amide bonds. The highest BCUT2D eigenvalue weighted by molar-refractivity contribution is 5.97. The molecule has 0 atom stereocenters. The quantitative estimate of drug-likeness (QED) is 0.711. The molecule has 1 aliphatic rings. The predicted octanol–water partition coefficient (Wildman–Crippen LogP) is 3.38. The van der Waals surface area contributed by atoms with Crippen LogP contribution in [-0.2, 0) is 6.42 Å². The molecular weight excluding hydrogens is 200 g/mol. The third kappa shape index (κ3) is 2.43. The molecule has 0 unspecified atom stereocenters. The van der Waals surface area contributed by atoms with E-state index in [2.05, 4.69) is 0 Å². The van der Waals surface area contributed by atoms with Crippen molar-refractivity contribution >= 4 is 5.78 Å². The fraction of sp³-hybridized carbons (Fsp3) is 0.500. The lowest BCUT2D eigenvalue weighted by molar-refractivity contribution is 0.0982. The van der Waals surface area contributed by atoms with Gasteiger partial charge in [0.15, 0.2) is 5.78 Å². The Morgan fingerprint density at radius 3 is 2.69 bits per heavy atom. The Morgan fingerprint density at radius 1 is 1.19 bits per heavy atom. The third-order valence-electron chi connectivity index (χ3n) is 2.85. The lowest BCUT2D eigenvalue weighted by atomic mass is 10.0. The van der Waals surface area contributed by atoms with Gasteiger partial charge in [-0.1, -0.05) is 0 Å². The molecule has 0 aliphatic heterocycles. The Bertz CT molecular complexity index is 394. The SMILES string of the molecule is CC(C)Oc1ccc2c(c1)CCCCC2=O. The Hall–Kier alpha value is -1.31. The first kappa shape index (κ1) is 11.2. The van der Waals surface area contributed by atoms with Crippen LogP contribution < -0.4 is 4.74 Å². The molecule has 1 aliphatic carbocycles. The van der Waals surface area contributed by atoms with E-state index in [9.17, 15) is 4.79 Å². The second kappa shape index (κ2) is 4.69. The standard InChI is InChI=1S/C14H18O2/c1-10(2)16-12-7-8-13-11(9-12)5-3-4-6-14(13)15/h7-10H,3-6H2,1-2H3. The smallest absolute Gasteiger partial charge is 0.163 e. The summed E-state index contributed by atoms with van der Waals surface area (Å²) >= 11 is 0. The van der Waals surface area contributed by atoms with E-state index in [0.717, 1.165) is 36.1 Å². The summed E-state index contributed by atoms with van der Waals surface area (Å²) in [6.07, 6.45) is 3.98. The summed E-state index contributed by atoms with van der Waals surface area (Å²) in [7, 11) is 0. The summed E-state index contributed by atoms with van der Waals surface area (Å²) in [4.78, 5) is 11.8. The van der Waals surface area contributed by atoms with E-state index in [1.54, 1.807) is 0 Å². The molecule has 0 saturated heterocycles. The van der Waals surface area contributed by atoms with Crippen molar-refractivity contribution in [2.45, 2.75) is 45.6 Å². The van der Waals surface area contributed by atoms with Gasteiger partial charge in [-0.15, -0.1) is 0 Å². The molecular formula is C14H18O2. The van der Waals surface area contributed by atoms with Crippen LogP contribution in [-0.4, -0.2) is 11.9 Å². The Morgan fingerprint density at radius 2 is 1.94 bits per heavy atom. The van der Waals surface area contributed by atoms with Crippen molar-refractivity contribution in [3.63, 3.8) is 0 Å². The number of carbonyl (C=O) groups excluding carboxylic acids is 1. The number of Topliss-reactive ketones (excluding diaryl/α,β-unsaturated/α-hetero) is 1. The second-order valence-corrected chi connectivity index (χ2v) is 4.62. The molecule has 1 aromatic carbocycles. The minimum absolute atomic E-state index is 0.180. The summed E-state index contributed by atoms with van der Waals surface area (Å²) in [5.74, 6) is 1.16. The number of hydrogen-bond donors (Lipinski definition) is 0. The number of benzene rings is 1. The van der Waals surface area contributed by atoms with Crippen LogP contribution in [0.5, 0.6) is 5.75 Å². The molecule has 0 N–H and O–H groups in total. The topological polar surface area (TPSA) is 26.3 Å². The zero-order chi connectivity index (χ0) is 11.5. The number of aryl methyl sites for hydroxylation is 1. The van der Waals surface area contributed by atoms with Crippen LogP contribution in [0.3, 0.4) is 0 Å². The van der Waals surface area contributed by atoms with E-state index in [4.69, 9.17) is 4.74 Å². The lowest BCUT2D eigenvalue weighted by Crippen LogP contribution is -2.07. The molecule has 1 aromatic rings. The molecule has 0 saturated carbocycles. The van der Waals surface area contributed by atoms with E-state index in [1.165, 1.54) is 0 Å². The maximum Gasteiger partial charge on any atom is 0.163 e. The number of ketones is 1.